The number of nitrogens with one attached hydrogen (secondary N) is 1. The van der Waals surface area contributed by atoms with Gasteiger partial charge in [-0.05, 0) is 52.0 Å². The van der Waals surface area contributed by atoms with E-state index in [4.69, 9.17) is 31.8 Å². The van der Waals surface area contributed by atoms with E-state index in [1.807, 2.05) is 26.0 Å². The van der Waals surface area contributed by atoms with Crippen molar-refractivity contribution in [1.29, 1.82) is 0 Å². The molecule has 9 heteroatoms. The van der Waals surface area contributed by atoms with Gasteiger partial charge >= 0.3 is 0 Å². The smallest absolute Gasteiger partial charge is 0.232 e. The highest BCUT2D eigenvalue weighted by molar-refractivity contribution is 6.34. The minimum atomic E-state index is -0.914. The molecule has 3 saturated carbocycles. The molecular formula is C24H31ClN4O4. The highest BCUT2D eigenvalue weighted by Crippen LogP contribution is 2.69. The largest absolute Gasteiger partial charge is 0.378 e. The Hall–Kier alpha value is -2.16. The fourth-order valence-corrected chi connectivity index (χ4v) is 6.44. The molecule has 2 bridgehead atoms. The number of amides is 2. The highest BCUT2D eigenvalue weighted by Gasteiger charge is 2.72. The first-order valence-corrected chi connectivity index (χ1v) is 11.9. The minimum Gasteiger partial charge on any atom is -0.378 e. The van der Waals surface area contributed by atoms with Crippen LogP contribution >= 0.6 is 11.6 Å². The predicted molar refractivity (Wildman–Crippen MR) is 125 cm³/mol. The molecule has 0 radical (unpaired) electrons. The number of hydrogen-bond acceptors (Lipinski definition) is 6. The highest BCUT2D eigenvalue weighted by atomic mass is 35.5. The monoisotopic (exact) mass is 474 g/mol. The Labute approximate surface area is 198 Å². The summed E-state index contributed by atoms with van der Waals surface area (Å²) >= 11 is 6.76. The van der Waals surface area contributed by atoms with Crippen molar-refractivity contribution in [3.8, 4) is 0 Å². The summed E-state index contributed by atoms with van der Waals surface area (Å²) in [5, 5.41) is 3.39. The standard InChI is InChI=1S/C24H31ClN4O4/c1-14-9-15(7-8-33-14)29-18(30)10-22(2,28-21(29)26)16-5-4-6-17(19(16)25)27-20(31)23-11-24(12-23,13-23)32-3/h4-6,14-15H,7-13H2,1-3H3,(H2,26,28)(H,27,31)/t14-,15-,22+,23?,24?/m1/s1. The summed E-state index contributed by atoms with van der Waals surface area (Å²) < 4.78 is 11.1. The van der Waals surface area contributed by atoms with Crippen molar-refractivity contribution in [3.63, 3.8) is 0 Å². The molecular weight excluding hydrogens is 444 g/mol. The molecule has 178 valence electrons. The Morgan fingerprint density at radius 1 is 1.36 bits per heavy atom. The van der Waals surface area contributed by atoms with E-state index < -0.39 is 5.54 Å². The van der Waals surface area contributed by atoms with Gasteiger partial charge in [-0.2, -0.15) is 0 Å². The number of carbonyl (C=O) groups is 2. The number of nitrogens with zero attached hydrogens (tertiary/aromatic N) is 2. The maximum absolute atomic E-state index is 13.2. The van der Waals surface area contributed by atoms with E-state index in [2.05, 4.69) is 5.32 Å². The molecule has 2 amide bonds. The summed E-state index contributed by atoms with van der Waals surface area (Å²) in [6.45, 7) is 4.46. The molecule has 8 nitrogen and oxygen atoms in total. The predicted octanol–water partition coefficient (Wildman–Crippen LogP) is 3.18. The van der Waals surface area contributed by atoms with Gasteiger partial charge in [0.2, 0.25) is 11.8 Å². The van der Waals surface area contributed by atoms with Crippen molar-refractivity contribution in [2.45, 2.75) is 75.7 Å². The van der Waals surface area contributed by atoms with E-state index in [1.54, 1.807) is 18.1 Å². The second-order valence-corrected chi connectivity index (χ2v) is 10.7. The number of anilines is 1. The maximum atomic E-state index is 13.2. The summed E-state index contributed by atoms with van der Waals surface area (Å²) in [6.07, 6.45) is 3.92. The lowest BCUT2D eigenvalue weighted by Gasteiger charge is -2.67. The van der Waals surface area contributed by atoms with Crippen molar-refractivity contribution >= 4 is 35.1 Å². The number of guanidine groups is 1. The van der Waals surface area contributed by atoms with E-state index in [-0.39, 0.29) is 47.4 Å². The lowest BCUT2D eigenvalue weighted by molar-refractivity contribution is -0.260. The van der Waals surface area contributed by atoms with Crippen molar-refractivity contribution in [2.24, 2.45) is 16.1 Å². The molecule has 3 N–H and O–H groups in total. The van der Waals surface area contributed by atoms with Crippen LogP contribution in [0.3, 0.4) is 0 Å². The molecule has 4 fully saturated rings. The van der Waals surface area contributed by atoms with Gasteiger partial charge < -0.3 is 20.5 Å². The molecule has 2 heterocycles. The number of methoxy groups -OCH3 is 1. The first-order valence-electron chi connectivity index (χ1n) is 11.5. The van der Waals surface area contributed by atoms with Gasteiger partial charge in [0.1, 0.15) is 0 Å². The zero-order valence-corrected chi connectivity index (χ0v) is 20.1. The van der Waals surface area contributed by atoms with Crippen LogP contribution in [0.15, 0.2) is 23.2 Å². The SMILES string of the molecule is COC12CC(C(=O)Nc3cccc([C@]4(C)CC(=O)N([C@@H]5CCO[C@H](C)C5)C(N)=N4)c3Cl)(C1)C2. The first-order chi connectivity index (χ1) is 15.6. The van der Waals surface area contributed by atoms with Gasteiger partial charge in [-0.25, -0.2) is 4.99 Å². The fourth-order valence-electron chi connectivity index (χ4n) is 6.06. The third-order valence-electron chi connectivity index (χ3n) is 7.92. The van der Waals surface area contributed by atoms with Crippen LogP contribution < -0.4 is 11.1 Å². The van der Waals surface area contributed by atoms with E-state index in [0.29, 0.717) is 22.9 Å². The molecule has 2 aliphatic heterocycles. The topological polar surface area (TPSA) is 106 Å². The molecule has 0 spiro atoms. The van der Waals surface area contributed by atoms with Crippen LogP contribution in [0.2, 0.25) is 5.02 Å². The summed E-state index contributed by atoms with van der Waals surface area (Å²) in [7, 11) is 1.70. The maximum Gasteiger partial charge on any atom is 0.232 e. The van der Waals surface area contributed by atoms with Crippen LogP contribution in [-0.2, 0) is 24.6 Å². The van der Waals surface area contributed by atoms with E-state index in [9.17, 15) is 9.59 Å². The average Bonchev–Trinajstić information content (AvgIpc) is 2.67. The minimum absolute atomic E-state index is 0.0147. The molecule has 33 heavy (non-hydrogen) atoms. The van der Waals surface area contributed by atoms with Gasteiger partial charge in [0.25, 0.3) is 0 Å². The van der Waals surface area contributed by atoms with Gasteiger partial charge in [-0.15, -0.1) is 0 Å². The quantitative estimate of drug-likeness (QED) is 0.681. The van der Waals surface area contributed by atoms with Crippen molar-refractivity contribution in [2.75, 3.05) is 19.0 Å². The summed E-state index contributed by atoms with van der Waals surface area (Å²) in [5.74, 6) is 0.0959. The third kappa shape index (κ3) is 3.54. The molecule has 1 aromatic carbocycles. The molecule has 6 rings (SSSR count). The van der Waals surface area contributed by atoms with Crippen LogP contribution in [0.1, 0.15) is 57.9 Å². The second kappa shape index (κ2) is 7.68. The first kappa shape index (κ1) is 22.6. The summed E-state index contributed by atoms with van der Waals surface area (Å²) in [4.78, 5) is 32.5. The van der Waals surface area contributed by atoms with Gasteiger partial charge in [0, 0.05) is 25.3 Å². The van der Waals surface area contributed by atoms with Crippen molar-refractivity contribution < 1.29 is 19.1 Å². The number of carbonyl (C=O) groups excluding carboxylic acids is 2. The molecule has 1 saturated heterocycles. The third-order valence-corrected chi connectivity index (χ3v) is 8.33. The summed E-state index contributed by atoms with van der Waals surface area (Å²) in [6, 6.07) is 5.43. The zero-order valence-electron chi connectivity index (χ0n) is 19.3. The van der Waals surface area contributed by atoms with E-state index >= 15 is 0 Å². The fraction of sp³-hybridized carbons (Fsp3) is 0.625. The number of aliphatic imine (C=N–C) groups is 1. The number of nitrogens with two attached hydrogens (primary N) is 1. The molecule has 0 unspecified atom stereocenters. The van der Waals surface area contributed by atoms with Crippen LogP contribution in [0.25, 0.3) is 0 Å². The van der Waals surface area contributed by atoms with Crippen molar-refractivity contribution in [1.82, 2.24) is 4.90 Å². The Morgan fingerprint density at radius 2 is 2.09 bits per heavy atom. The number of rotatable bonds is 5. The van der Waals surface area contributed by atoms with Crippen LogP contribution in [0.4, 0.5) is 5.69 Å². The zero-order chi connectivity index (χ0) is 23.6. The Kier molecular flexibility index (Phi) is 5.27. The lowest BCUT2D eigenvalue weighted by Crippen LogP contribution is -2.72. The number of hydrogen-bond donors (Lipinski definition) is 2. The van der Waals surface area contributed by atoms with Gasteiger partial charge in [0.05, 0.1) is 39.8 Å². The van der Waals surface area contributed by atoms with Gasteiger partial charge in [0.15, 0.2) is 5.96 Å². The second-order valence-electron chi connectivity index (χ2n) is 10.4. The molecule has 3 atom stereocenters. The lowest BCUT2D eigenvalue weighted by atomic mass is 9.40. The van der Waals surface area contributed by atoms with Crippen molar-refractivity contribution in [3.05, 3.63) is 28.8 Å². The Balaban J connectivity index is 1.37. The molecule has 3 aliphatic carbocycles. The average molecular weight is 475 g/mol. The van der Waals surface area contributed by atoms with Crippen LogP contribution in [0.5, 0.6) is 0 Å². The van der Waals surface area contributed by atoms with Gasteiger partial charge in [-0.1, -0.05) is 23.7 Å². The van der Waals surface area contributed by atoms with Crippen LogP contribution in [-0.4, -0.2) is 54.1 Å². The Morgan fingerprint density at radius 3 is 2.73 bits per heavy atom. The van der Waals surface area contributed by atoms with Crippen LogP contribution in [0, 0.1) is 5.41 Å². The number of ether oxygens (including phenoxy) is 2. The number of halogens is 1. The Bertz CT molecular complexity index is 1020. The molecule has 0 aromatic heterocycles. The molecule has 1 aromatic rings. The summed E-state index contributed by atoms with van der Waals surface area (Å²) in [5.41, 5.74) is 6.14. The van der Waals surface area contributed by atoms with Gasteiger partial charge in [-0.3, -0.25) is 14.5 Å². The molecule has 5 aliphatic rings. The number of benzene rings is 1. The van der Waals surface area contributed by atoms with E-state index in [0.717, 1.165) is 32.1 Å². The normalized spacial score (nSPS) is 37.6. The van der Waals surface area contributed by atoms with E-state index in [1.165, 1.54) is 0 Å².